The molecule has 1 aromatic rings. The molecule has 92 valence electrons. The van der Waals surface area contributed by atoms with E-state index < -0.39 is 9.05 Å². The minimum Gasteiger partial charge on any atom is -0.212 e. The third-order valence-corrected chi connectivity index (χ3v) is 5.61. The van der Waals surface area contributed by atoms with Gasteiger partial charge in [-0.15, -0.1) is 0 Å². The first-order chi connectivity index (χ1) is 7.83. The summed E-state index contributed by atoms with van der Waals surface area (Å²) in [4.78, 5) is 0. The van der Waals surface area contributed by atoms with Crippen LogP contribution in [-0.4, -0.2) is 14.2 Å². The van der Waals surface area contributed by atoms with Crippen LogP contribution in [0.25, 0.3) is 0 Å². The molecule has 4 rings (SSSR count). The summed E-state index contributed by atoms with van der Waals surface area (Å²) in [7, 11) is 1.95. The van der Waals surface area contributed by atoms with Crippen molar-refractivity contribution in [3.8, 4) is 0 Å². The second kappa shape index (κ2) is 3.40. The van der Waals surface area contributed by atoms with E-state index in [-0.39, 0.29) is 16.6 Å². The minimum absolute atomic E-state index is 0.0414. The van der Waals surface area contributed by atoms with E-state index in [0.29, 0.717) is 0 Å². The van der Waals surface area contributed by atoms with Gasteiger partial charge in [-0.25, -0.2) is 8.42 Å². The van der Waals surface area contributed by atoms with Crippen LogP contribution in [0.4, 0.5) is 0 Å². The van der Waals surface area contributed by atoms with E-state index in [4.69, 9.17) is 22.3 Å². The summed E-state index contributed by atoms with van der Waals surface area (Å²) in [6.45, 7) is 0. The van der Waals surface area contributed by atoms with Crippen molar-refractivity contribution in [2.75, 3.05) is 5.75 Å². The Labute approximate surface area is 110 Å². The number of halogens is 2. The molecule has 5 heteroatoms. The van der Waals surface area contributed by atoms with Gasteiger partial charge in [0.2, 0.25) is 9.05 Å². The minimum atomic E-state index is -3.37. The Balaban J connectivity index is 1.74. The maximum atomic E-state index is 11.1. The lowest BCUT2D eigenvalue weighted by molar-refractivity contribution is -0.122. The smallest absolute Gasteiger partial charge is 0.212 e. The molecule has 0 aliphatic heterocycles. The Morgan fingerprint density at radius 1 is 1.12 bits per heavy atom. The van der Waals surface area contributed by atoms with Crippen LogP contribution < -0.4 is 0 Å². The van der Waals surface area contributed by atoms with E-state index in [1.165, 1.54) is 5.56 Å². The van der Waals surface area contributed by atoms with Crippen LogP contribution >= 0.6 is 22.3 Å². The highest BCUT2D eigenvalue weighted by atomic mass is 35.7. The van der Waals surface area contributed by atoms with Gasteiger partial charge in [0.1, 0.15) is 0 Å². The Morgan fingerprint density at radius 2 is 1.65 bits per heavy atom. The average molecular weight is 291 g/mol. The van der Waals surface area contributed by atoms with Gasteiger partial charge in [0.05, 0.1) is 5.75 Å². The first-order valence-corrected chi connectivity index (χ1v) is 8.37. The summed E-state index contributed by atoms with van der Waals surface area (Å²) in [5.74, 6) is 0.122. The number of hydrogen-bond acceptors (Lipinski definition) is 2. The van der Waals surface area contributed by atoms with Crippen molar-refractivity contribution in [2.24, 2.45) is 5.41 Å². The first-order valence-electron chi connectivity index (χ1n) is 5.51. The summed E-state index contributed by atoms with van der Waals surface area (Å²) in [6.07, 6.45) is 2.81. The van der Waals surface area contributed by atoms with Gasteiger partial charge in [0, 0.05) is 15.7 Å². The van der Waals surface area contributed by atoms with E-state index in [1.807, 2.05) is 24.3 Å². The molecule has 3 aliphatic rings. The Kier molecular flexibility index (Phi) is 2.36. The van der Waals surface area contributed by atoms with Crippen molar-refractivity contribution >= 4 is 31.3 Å². The van der Waals surface area contributed by atoms with Gasteiger partial charge in [-0.1, -0.05) is 23.7 Å². The zero-order valence-electron chi connectivity index (χ0n) is 9.12. The second-order valence-electron chi connectivity index (χ2n) is 5.50. The molecule has 0 saturated heterocycles. The monoisotopic (exact) mass is 290 g/mol. The number of benzene rings is 1. The van der Waals surface area contributed by atoms with Crippen LogP contribution in [0.2, 0.25) is 5.02 Å². The molecule has 3 fully saturated rings. The highest BCUT2D eigenvalue weighted by molar-refractivity contribution is 8.13. The van der Waals surface area contributed by atoms with E-state index in [2.05, 4.69) is 0 Å². The van der Waals surface area contributed by atoms with Gasteiger partial charge in [-0.3, -0.25) is 0 Å². The van der Waals surface area contributed by atoms with Crippen molar-refractivity contribution in [3.05, 3.63) is 34.9 Å². The number of rotatable bonds is 3. The van der Waals surface area contributed by atoms with E-state index in [1.54, 1.807) is 0 Å². The van der Waals surface area contributed by atoms with E-state index in [0.717, 1.165) is 24.3 Å². The summed E-state index contributed by atoms with van der Waals surface area (Å²) in [6, 6.07) is 7.87. The summed E-state index contributed by atoms with van der Waals surface area (Å²) in [5, 5.41) is 0.735. The normalized spacial score (nSPS) is 34.9. The van der Waals surface area contributed by atoms with Crippen molar-refractivity contribution in [1.82, 2.24) is 0 Å². The van der Waals surface area contributed by atoms with Gasteiger partial charge >= 0.3 is 0 Å². The molecule has 0 unspecified atom stereocenters. The second-order valence-corrected chi connectivity index (χ2v) is 8.71. The largest absolute Gasteiger partial charge is 0.233 e. The zero-order chi connectivity index (χ0) is 12.3. The van der Waals surface area contributed by atoms with Gasteiger partial charge in [0.15, 0.2) is 0 Å². The molecule has 0 spiro atoms. The predicted molar refractivity (Wildman–Crippen MR) is 69.1 cm³/mol. The molecule has 1 aromatic carbocycles. The van der Waals surface area contributed by atoms with Crippen LogP contribution in [0, 0.1) is 5.41 Å². The molecular weight excluding hydrogens is 279 g/mol. The fraction of sp³-hybridized carbons (Fsp3) is 0.500. The van der Waals surface area contributed by atoms with Crippen LogP contribution in [0.1, 0.15) is 24.8 Å². The predicted octanol–water partition coefficient (Wildman–Crippen LogP) is 3.33. The van der Waals surface area contributed by atoms with Crippen molar-refractivity contribution in [3.63, 3.8) is 0 Å². The molecule has 0 amide bonds. The summed E-state index contributed by atoms with van der Waals surface area (Å²) >= 11 is 5.85. The lowest BCUT2D eigenvalue weighted by Gasteiger charge is -2.71. The third-order valence-electron chi connectivity index (χ3n) is 4.08. The van der Waals surface area contributed by atoms with E-state index in [9.17, 15) is 8.42 Å². The van der Waals surface area contributed by atoms with Gasteiger partial charge in [0.25, 0.3) is 0 Å². The summed E-state index contributed by atoms with van der Waals surface area (Å²) in [5.41, 5.74) is 1.43. The number of hydrogen-bond donors (Lipinski definition) is 0. The van der Waals surface area contributed by atoms with Crippen LogP contribution in [0.15, 0.2) is 24.3 Å². The van der Waals surface area contributed by atoms with Gasteiger partial charge in [-0.2, -0.15) is 0 Å². The molecule has 0 heterocycles. The average Bonchev–Trinajstić information content (AvgIpc) is 2.09. The summed E-state index contributed by atoms with van der Waals surface area (Å²) < 4.78 is 22.2. The van der Waals surface area contributed by atoms with Crippen molar-refractivity contribution in [2.45, 2.75) is 24.7 Å². The highest BCUT2D eigenvalue weighted by Gasteiger charge is 2.68. The molecule has 2 nitrogen and oxygen atoms in total. The van der Waals surface area contributed by atoms with E-state index >= 15 is 0 Å². The maximum Gasteiger partial charge on any atom is 0.233 e. The Morgan fingerprint density at radius 3 is 2.12 bits per heavy atom. The Bertz CT molecular complexity index is 543. The standard InChI is InChI=1S/C12H12Cl2O2S/c13-10-3-1-9(2-4-10)12-5-11(6-12,7-12)8-17(14,15)16/h1-4H,5-8H2. The van der Waals surface area contributed by atoms with Crippen molar-refractivity contribution in [1.29, 1.82) is 0 Å². The van der Waals surface area contributed by atoms with Crippen LogP contribution in [-0.2, 0) is 14.5 Å². The molecule has 0 N–H and O–H groups in total. The van der Waals surface area contributed by atoms with Gasteiger partial charge in [-0.05, 0) is 47.8 Å². The zero-order valence-corrected chi connectivity index (χ0v) is 11.4. The molecule has 0 atom stereocenters. The molecule has 0 aromatic heterocycles. The lowest BCUT2D eigenvalue weighted by Crippen LogP contribution is -2.66. The molecule has 3 aliphatic carbocycles. The lowest BCUT2D eigenvalue weighted by atomic mass is 9.34. The third kappa shape index (κ3) is 1.88. The fourth-order valence-corrected chi connectivity index (χ4v) is 5.48. The van der Waals surface area contributed by atoms with Crippen LogP contribution in [0.5, 0.6) is 0 Å². The SMILES string of the molecule is O=S(=O)(Cl)CC12CC(c3ccc(Cl)cc3)(C1)C2. The maximum absolute atomic E-state index is 11.1. The fourth-order valence-electron chi connectivity index (χ4n) is 3.63. The molecular formula is C12H12Cl2O2S. The molecule has 2 bridgehead atoms. The Hall–Kier alpha value is -0.250. The van der Waals surface area contributed by atoms with Crippen LogP contribution in [0.3, 0.4) is 0 Å². The molecule has 0 radical (unpaired) electrons. The quantitative estimate of drug-likeness (QED) is 0.800. The highest BCUT2D eigenvalue weighted by Crippen LogP contribution is 2.74. The first kappa shape index (κ1) is 11.8. The molecule has 17 heavy (non-hydrogen) atoms. The van der Waals surface area contributed by atoms with Crippen molar-refractivity contribution < 1.29 is 8.42 Å². The topological polar surface area (TPSA) is 34.1 Å². The molecule has 3 saturated carbocycles. The van der Waals surface area contributed by atoms with Gasteiger partial charge < -0.3 is 0 Å².